The molecule has 0 saturated heterocycles. The molecule has 79 valence electrons. The van der Waals surface area contributed by atoms with Crippen molar-refractivity contribution in [2.75, 3.05) is 5.73 Å². The minimum absolute atomic E-state index is 0.198. The van der Waals surface area contributed by atoms with Crippen LogP contribution in [0.1, 0.15) is 10.4 Å². The van der Waals surface area contributed by atoms with Crippen LogP contribution in [-0.2, 0) is 0 Å². The predicted octanol–water partition coefficient (Wildman–Crippen LogP) is 2.43. The van der Waals surface area contributed by atoms with Gasteiger partial charge in [0.15, 0.2) is 0 Å². The SMILES string of the molecule is Nc1cc(C(=O)O)ccc1-c1cc[c]cc1. The molecular weight excluding hydrogens is 202 g/mol. The van der Waals surface area contributed by atoms with Crippen LogP contribution in [0.3, 0.4) is 0 Å². The summed E-state index contributed by atoms with van der Waals surface area (Å²) in [6, 6.07) is 15.0. The number of carboxylic acid groups (broad SMARTS) is 1. The first-order valence-corrected chi connectivity index (χ1v) is 4.78. The summed E-state index contributed by atoms with van der Waals surface area (Å²) in [6.07, 6.45) is 0. The highest BCUT2D eigenvalue weighted by atomic mass is 16.4. The van der Waals surface area contributed by atoms with Crippen molar-refractivity contribution >= 4 is 11.7 Å². The van der Waals surface area contributed by atoms with Gasteiger partial charge in [-0.1, -0.05) is 30.3 Å². The van der Waals surface area contributed by atoms with Gasteiger partial charge in [0.25, 0.3) is 0 Å². The van der Waals surface area contributed by atoms with Gasteiger partial charge >= 0.3 is 5.97 Å². The van der Waals surface area contributed by atoms with Gasteiger partial charge in [-0.3, -0.25) is 0 Å². The van der Waals surface area contributed by atoms with Crippen molar-refractivity contribution in [2.45, 2.75) is 0 Å². The normalized spacial score (nSPS) is 10.0. The number of anilines is 1. The fourth-order valence-corrected chi connectivity index (χ4v) is 1.53. The van der Waals surface area contributed by atoms with Crippen molar-refractivity contribution in [1.29, 1.82) is 0 Å². The minimum atomic E-state index is -0.973. The average Bonchev–Trinajstić information content (AvgIpc) is 2.30. The van der Waals surface area contributed by atoms with E-state index >= 15 is 0 Å². The molecule has 3 N–H and O–H groups in total. The molecule has 0 aliphatic carbocycles. The largest absolute Gasteiger partial charge is 0.478 e. The van der Waals surface area contributed by atoms with E-state index in [2.05, 4.69) is 6.07 Å². The first-order valence-electron chi connectivity index (χ1n) is 4.78. The standard InChI is InChI=1S/C13H10NO2/c14-12-8-10(13(15)16)6-7-11(12)9-4-2-1-3-5-9/h2-8H,14H2,(H,15,16). The summed E-state index contributed by atoms with van der Waals surface area (Å²) in [6.45, 7) is 0. The maximum Gasteiger partial charge on any atom is 0.335 e. The molecule has 0 atom stereocenters. The van der Waals surface area contributed by atoms with Crippen LogP contribution >= 0.6 is 0 Å². The van der Waals surface area contributed by atoms with Crippen LogP contribution in [0.4, 0.5) is 5.69 Å². The second kappa shape index (κ2) is 4.06. The monoisotopic (exact) mass is 212 g/mol. The van der Waals surface area contributed by atoms with Crippen LogP contribution in [0, 0.1) is 6.07 Å². The molecule has 2 rings (SSSR count). The Labute approximate surface area is 93.1 Å². The molecule has 0 aliphatic heterocycles. The third-order valence-corrected chi connectivity index (χ3v) is 2.33. The third kappa shape index (κ3) is 1.88. The second-order valence-electron chi connectivity index (χ2n) is 3.40. The van der Waals surface area contributed by atoms with Crippen LogP contribution in [0.15, 0.2) is 42.5 Å². The smallest absolute Gasteiger partial charge is 0.335 e. The maximum absolute atomic E-state index is 10.7. The van der Waals surface area contributed by atoms with E-state index in [0.29, 0.717) is 5.69 Å². The van der Waals surface area contributed by atoms with E-state index in [1.165, 1.54) is 6.07 Å². The Morgan fingerprint density at radius 3 is 2.44 bits per heavy atom. The zero-order chi connectivity index (χ0) is 11.5. The number of hydrogen-bond donors (Lipinski definition) is 2. The summed E-state index contributed by atoms with van der Waals surface area (Å²) in [5.74, 6) is -0.973. The predicted molar refractivity (Wildman–Crippen MR) is 62.1 cm³/mol. The minimum Gasteiger partial charge on any atom is -0.478 e. The number of carboxylic acids is 1. The van der Waals surface area contributed by atoms with Crippen molar-refractivity contribution in [3.8, 4) is 11.1 Å². The fraction of sp³-hybridized carbons (Fsp3) is 0. The van der Waals surface area contributed by atoms with Gasteiger partial charge in [0, 0.05) is 11.3 Å². The molecule has 16 heavy (non-hydrogen) atoms. The topological polar surface area (TPSA) is 63.3 Å². The molecule has 2 aromatic carbocycles. The highest BCUT2D eigenvalue weighted by Gasteiger charge is 2.07. The Balaban J connectivity index is 2.48. The van der Waals surface area contributed by atoms with Crippen LogP contribution < -0.4 is 5.73 Å². The van der Waals surface area contributed by atoms with E-state index < -0.39 is 5.97 Å². The first kappa shape index (κ1) is 10.2. The molecule has 1 radical (unpaired) electrons. The first-order chi connectivity index (χ1) is 7.68. The number of hydrogen-bond acceptors (Lipinski definition) is 2. The van der Waals surface area contributed by atoms with E-state index in [1.54, 1.807) is 24.3 Å². The number of nitrogens with two attached hydrogens (primary N) is 1. The van der Waals surface area contributed by atoms with Gasteiger partial charge < -0.3 is 10.8 Å². The molecule has 0 spiro atoms. The Morgan fingerprint density at radius 2 is 1.88 bits per heavy atom. The molecule has 2 aromatic rings. The molecule has 3 heteroatoms. The molecule has 0 aliphatic rings. The number of rotatable bonds is 2. The Kier molecular flexibility index (Phi) is 2.60. The van der Waals surface area contributed by atoms with Gasteiger partial charge in [0.2, 0.25) is 0 Å². The molecule has 0 bridgehead atoms. The molecule has 0 fully saturated rings. The quantitative estimate of drug-likeness (QED) is 0.751. The fourth-order valence-electron chi connectivity index (χ4n) is 1.53. The van der Waals surface area contributed by atoms with Crippen LogP contribution in [0.5, 0.6) is 0 Å². The van der Waals surface area contributed by atoms with Gasteiger partial charge in [-0.15, -0.1) is 0 Å². The lowest BCUT2D eigenvalue weighted by molar-refractivity contribution is 0.0697. The summed E-state index contributed by atoms with van der Waals surface area (Å²) in [4.78, 5) is 10.7. The van der Waals surface area contributed by atoms with Crippen molar-refractivity contribution in [3.63, 3.8) is 0 Å². The Morgan fingerprint density at radius 1 is 1.19 bits per heavy atom. The van der Waals surface area contributed by atoms with Crippen molar-refractivity contribution in [3.05, 3.63) is 54.1 Å². The molecule has 0 aromatic heterocycles. The molecule has 0 unspecified atom stereocenters. The lowest BCUT2D eigenvalue weighted by Crippen LogP contribution is -1.99. The number of benzene rings is 2. The Bertz CT molecular complexity index is 521. The highest BCUT2D eigenvalue weighted by molar-refractivity contribution is 5.91. The van der Waals surface area contributed by atoms with Crippen LogP contribution in [0.2, 0.25) is 0 Å². The van der Waals surface area contributed by atoms with Crippen molar-refractivity contribution < 1.29 is 9.90 Å². The number of nitrogen functional groups attached to an aromatic ring is 1. The lowest BCUT2D eigenvalue weighted by Gasteiger charge is -2.06. The summed E-state index contributed by atoms with van der Waals surface area (Å²) in [7, 11) is 0. The summed E-state index contributed by atoms with van der Waals surface area (Å²) in [5.41, 5.74) is 8.26. The van der Waals surface area contributed by atoms with E-state index in [4.69, 9.17) is 10.8 Å². The maximum atomic E-state index is 10.7. The zero-order valence-corrected chi connectivity index (χ0v) is 8.47. The van der Waals surface area contributed by atoms with E-state index in [1.807, 2.05) is 12.1 Å². The lowest BCUT2D eigenvalue weighted by atomic mass is 10.0. The van der Waals surface area contributed by atoms with Gasteiger partial charge in [0.05, 0.1) is 5.56 Å². The van der Waals surface area contributed by atoms with E-state index in [-0.39, 0.29) is 5.56 Å². The van der Waals surface area contributed by atoms with E-state index in [0.717, 1.165) is 11.1 Å². The van der Waals surface area contributed by atoms with Crippen molar-refractivity contribution in [1.82, 2.24) is 0 Å². The number of carbonyl (C=O) groups is 1. The third-order valence-electron chi connectivity index (χ3n) is 2.33. The molecule has 3 nitrogen and oxygen atoms in total. The molecule has 0 heterocycles. The number of aromatic carboxylic acids is 1. The highest BCUT2D eigenvalue weighted by Crippen LogP contribution is 2.26. The van der Waals surface area contributed by atoms with Crippen LogP contribution in [0.25, 0.3) is 11.1 Å². The average molecular weight is 212 g/mol. The summed E-state index contributed by atoms with van der Waals surface area (Å²) < 4.78 is 0. The second-order valence-corrected chi connectivity index (χ2v) is 3.40. The molecule has 0 amide bonds. The van der Waals surface area contributed by atoms with Gasteiger partial charge in [-0.25, -0.2) is 4.79 Å². The van der Waals surface area contributed by atoms with Crippen LogP contribution in [-0.4, -0.2) is 11.1 Å². The van der Waals surface area contributed by atoms with Gasteiger partial charge in [-0.05, 0) is 23.8 Å². The summed E-state index contributed by atoms with van der Waals surface area (Å²) >= 11 is 0. The van der Waals surface area contributed by atoms with Crippen molar-refractivity contribution in [2.24, 2.45) is 0 Å². The van der Waals surface area contributed by atoms with Gasteiger partial charge in [0.1, 0.15) is 0 Å². The summed E-state index contributed by atoms with van der Waals surface area (Å²) in [5, 5.41) is 8.81. The zero-order valence-electron chi connectivity index (χ0n) is 8.47. The Hall–Kier alpha value is -2.29. The molecule has 0 saturated carbocycles. The van der Waals surface area contributed by atoms with Gasteiger partial charge in [-0.2, -0.15) is 0 Å². The molecular formula is C13H10NO2. The van der Waals surface area contributed by atoms with E-state index in [9.17, 15) is 4.79 Å².